The van der Waals surface area contributed by atoms with Crippen molar-refractivity contribution in [2.24, 2.45) is 5.73 Å². The highest BCUT2D eigenvalue weighted by Crippen LogP contribution is 2.30. The molecule has 1 unspecified atom stereocenters. The molecule has 0 spiro atoms. The summed E-state index contributed by atoms with van der Waals surface area (Å²) >= 11 is 0. The molecule has 3 N–H and O–H groups in total. The Balaban J connectivity index is 0.00000364. The van der Waals surface area contributed by atoms with Crippen LogP contribution in [0.2, 0.25) is 0 Å². The van der Waals surface area contributed by atoms with Crippen LogP contribution in [-0.2, 0) is 14.6 Å². The second-order valence-corrected chi connectivity index (χ2v) is 8.11. The normalized spacial score (nSPS) is 12.0. The Labute approximate surface area is 166 Å². The van der Waals surface area contributed by atoms with Crippen LogP contribution in [0.3, 0.4) is 0 Å². The second-order valence-electron chi connectivity index (χ2n) is 5.86. The molecule has 0 aromatic heterocycles. The van der Waals surface area contributed by atoms with Crippen molar-refractivity contribution in [2.45, 2.75) is 37.6 Å². The van der Waals surface area contributed by atoms with E-state index in [0.717, 1.165) is 6.42 Å². The van der Waals surface area contributed by atoms with Crippen LogP contribution in [0.5, 0.6) is 11.5 Å². The van der Waals surface area contributed by atoms with Crippen LogP contribution in [-0.4, -0.2) is 26.1 Å². The molecule has 2 aromatic rings. The summed E-state index contributed by atoms with van der Waals surface area (Å²) in [4.78, 5) is 12.1. The van der Waals surface area contributed by atoms with Crippen molar-refractivity contribution in [3.63, 3.8) is 0 Å². The lowest BCUT2D eigenvalue weighted by Gasteiger charge is -2.13. The van der Waals surface area contributed by atoms with Crippen LogP contribution in [0.15, 0.2) is 53.4 Å². The highest BCUT2D eigenvalue weighted by Gasteiger charge is 2.18. The van der Waals surface area contributed by atoms with E-state index in [0.29, 0.717) is 17.9 Å². The number of ether oxygens (including phenoxy) is 1. The Morgan fingerprint density at radius 1 is 1.11 bits per heavy atom. The summed E-state index contributed by atoms with van der Waals surface area (Å²) in [7, 11) is -3.38. The van der Waals surface area contributed by atoms with Gasteiger partial charge in [-0.1, -0.05) is 32.4 Å². The van der Waals surface area contributed by atoms with Crippen molar-refractivity contribution >= 4 is 33.8 Å². The fourth-order valence-electron chi connectivity index (χ4n) is 2.36. The molecule has 8 heteroatoms. The van der Waals surface area contributed by atoms with Gasteiger partial charge in [-0.05, 0) is 42.8 Å². The zero-order valence-corrected chi connectivity index (χ0v) is 17.0. The molecule has 0 aliphatic rings. The van der Waals surface area contributed by atoms with E-state index in [4.69, 9.17) is 10.5 Å². The van der Waals surface area contributed by atoms with Crippen LogP contribution < -0.4 is 15.8 Å². The number of amides is 1. The van der Waals surface area contributed by atoms with Crippen molar-refractivity contribution in [3.8, 4) is 11.5 Å². The molecule has 0 bridgehead atoms. The maximum atomic E-state index is 12.2. The van der Waals surface area contributed by atoms with Gasteiger partial charge in [0.1, 0.15) is 16.4 Å². The molecule has 6 nitrogen and oxygen atoms in total. The first-order valence-electron chi connectivity index (χ1n) is 8.53. The van der Waals surface area contributed by atoms with Crippen LogP contribution in [0, 0.1) is 0 Å². The van der Waals surface area contributed by atoms with Gasteiger partial charge >= 0.3 is 0 Å². The number of hydrogen-bond donors (Lipinski definition) is 2. The van der Waals surface area contributed by atoms with Crippen LogP contribution in [0.4, 0.5) is 5.69 Å². The maximum Gasteiger partial charge on any atom is 0.241 e. The smallest absolute Gasteiger partial charge is 0.241 e. The summed E-state index contributed by atoms with van der Waals surface area (Å²) in [6.07, 6.45) is 1.46. The van der Waals surface area contributed by atoms with E-state index in [-0.39, 0.29) is 34.7 Å². The van der Waals surface area contributed by atoms with E-state index in [2.05, 4.69) is 5.32 Å². The number of carbonyl (C=O) groups excluding carboxylic acids is 1. The fourth-order valence-corrected chi connectivity index (χ4v) is 3.37. The Morgan fingerprint density at radius 2 is 1.74 bits per heavy atom. The minimum absolute atomic E-state index is 0. The van der Waals surface area contributed by atoms with E-state index in [1.165, 1.54) is 6.07 Å². The van der Waals surface area contributed by atoms with Gasteiger partial charge in [-0.3, -0.25) is 4.79 Å². The van der Waals surface area contributed by atoms with E-state index in [1.54, 1.807) is 49.4 Å². The van der Waals surface area contributed by atoms with Gasteiger partial charge in [0.2, 0.25) is 5.91 Å². The molecule has 0 radical (unpaired) electrons. The van der Waals surface area contributed by atoms with Gasteiger partial charge in [0.15, 0.2) is 9.84 Å². The third-order valence-corrected chi connectivity index (χ3v) is 5.62. The SMILES string of the molecule is CCCC(N)C(=O)Nc1ccc(Oc2ccccc2S(=O)(=O)CC)cc1.Cl. The molecule has 0 fully saturated rings. The molecular formula is C19H25ClN2O4S. The summed E-state index contributed by atoms with van der Waals surface area (Å²) < 4.78 is 30.1. The molecule has 0 aliphatic heterocycles. The average Bonchev–Trinajstić information content (AvgIpc) is 2.64. The predicted octanol–water partition coefficient (Wildman–Crippen LogP) is 3.76. The molecule has 27 heavy (non-hydrogen) atoms. The Morgan fingerprint density at radius 3 is 2.33 bits per heavy atom. The second kappa shape index (κ2) is 10.3. The number of halogens is 1. The first-order chi connectivity index (χ1) is 12.4. The first kappa shape index (κ1) is 23.0. The predicted molar refractivity (Wildman–Crippen MR) is 109 cm³/mol. The number of nitrogens with two attached hydrogens (primary N) is 1. The van der Waals surface area contributed by atoms with Crippen LogP contribution >= 0.6 is 12.4 Å². The van der Waals surface area contributed by atoms with Gasteiger partial charge in [0.25, 0.3) is 0 Å². The van der Waals surface area contributed by atoms with E-state index < -0.39 is 15.9 Å². The van der Waals surface area contributed by atoms with Crippen molar-refractivity contribution in [1.82, 2.24) is 0 Å². The van der Waals surface area contributed by atoms with E-state index >= 15 is 0 Å². The zero-order valence-electron chi connectivity index (χ0n) is 15.3. The lowest BCUT2D eigenvalue weighted by molar-refractivity contribution is -0.117. The summed E-state index contributed by atoms with van der Waals surface area (Å²) in [5, 5.41) is 2.75. The summed E-state index contributed by atoms with van der Waals surface area (Å²) in [6, 6.07) is 12.7. The third-order valence-electron chi connectivity index (χ3n) is 3.85. The molecule has 2 aromatic carbocycles. The first-order valence-corrected chi connectivity index (χ1v) is 10.2. The Bertz CT molecular complexity index is 854. The van der Waals surface area contributed by atoms with Gasteiger partial charge in [-0.2, -0.15) is 0 Å². The quantitative estimate of drug-likeness (QED) is 0.687. The number of carbonyl (C=O) groups is 1. The number of rotatable bonds is 8. The molecule has 148 valence electrons. The van der Waals surface area contributed by atoms with E-state index in [1.807, 2.05) is 6.92 Å². The minimum atomic E-state index is -3.38. The number of para-hydroxylation sites is 1. The topological polar surface area (TPSA) is 98.5 Å². The average molecular weight is 413 g/mol. The number of anilines is 1. The molecule has 0 saturated carbocycles. The lowest BCUT2D eigenvalue weighted by atomic mass is 10.1. The number of nitrogens with one attached hydrogen (secondary N) is 1. The van der Waals surface area contributed by atoms with Crippen molar-refractivity contribution in [1.29, 1.82) is 0 Å². The van der Waals surface area contributed by atoms with Crippen LogP contribution in [0.25, 0.3) is 0 Å². The van der Waals surface area contributed by atoms with Crippen molar-refractivity contribution in [3.05, 3.63) is 48.5 Å². The maximum absolute atomic E-state index is 12.2. The lowest BCUT2D eigenvalue weighted by Crippen LogP contribution is -2.35. The minimum Gasteiger partial charge on any atom is -0.456 e. The summed E-state index contributed by atoms with van der Waals surface area (Å²) in [5.41, 5.74) is 6.38. The standard InChI is InChI=1S/C19H24N2O4S.ClH/c1-3-7-16(20)19(22)21-14-10-12-15(13-11-14)25-17-8-5-6-9-18(17)26(23,24)4-2;/h5-6,8-13,16H,3-4,7,20H2,1-2H3,(H,21,22);1H. The Hall–Kier alpha value is -2.09. The molecule has 0 saturated heterocycles. The number of benzene rings is 2. The van der Waals surface area contributed by atoms with Crippen molar-refractivity contribution < 1.29 is 17.9 Å². The van der Waals surface area contributed by atoms with Gasteiger partial charge in [0.05, 0.1) is 11.8 Å². The highest BCUT2D eigenvalue weighted by molar-refractivity contribution is 7.91. The molecule has 2 rings (SSSR count). The zero-order chi connectivity index (χ0) is 19.2. The van der Waals surface area contributed by atoms with Gasteiger partial charge in [-0.15, -0.1) is 12.4 Å². The summed E-state index contributed by atoms with van der Waals surface area (Å²) in [5.74, 6) is 0.506. The van der Waals surface area contributed by atoms with Gasteiger partial charge < -0.3 is 15.8 Å². The fraction of sp³-hybridized carbons (Fsp3) is 0.316. The van der Waals surface area contributed by atoms with Gasteiger partial charge in [-0.25, -0.2) is 8.42 Å². The van der Waals surface area contributed by atoms with E-state index in [9.17, 15) is 13.2 Å². The highest BCUT2D eigenvalue weighted by atomic mass is 35.5. The monoisotopic (exact) mass is 412 g/mol. The molecule has 0 aliphatic carbocycles. The molecular weight excluding hydrogens is 388 g/mol. The molecule has 0 heterocycles. The van der Waals surface area contributed by atoms with Crippen molar-refractivity contribution in [2.75, 3.05) is 11.1 Å². The molecule has 1 atom stereocenters. The third kappa shape index (κ3) is 6.23. The number of hydrogen-bond acceptors (Lipinski definition) is 5. The number of sulfone groups is 1. The Kier molecular flexibility index (Phi) is 8.75. The summed E-state index contributed by atoms with van der Waals surface area (Å²) in [6.45, 7) is 3.56. The largest absolute Gasteiger partial charge is 0.456 e. The molecule has 1 amide bonds. The van der Waals surface area contributed by atoms with Crippen LogP contribution in [0.1, 0.15) is 26.7 Å². The van der Waals surface area contributed by atoms with Gasteiger partial charge in [0, 0.05) is 5.69 Å².